The van der Waals surface area contributed by atoms with Gasteiger partial charge in [0.1, 0.15) is 6.54 Å². The molecule has 0 fully saturated rings. The lowest BCUT2D eigenvalue weighted by Gasteiger charge is -2.03. The molecule has 1 heterocycles. The summed E-state index contributed by atoms with van der Waals surface area (Å²) in [5.74, 6) is 0. The molecule has 0 aliphatic carbocycles. The maximum atomic E-state index is 8.24. The molecule has 1 aliphatic rings. The first-order valence-corrected chi connectivity index (χ1v) is 2.20. The molecule has 1 N–H and O–H groups in total. The van der Waals surface area contributed by atoms with Crippen molar-refractivity contribution in [3.05, 3.63) is 18.3 Å². The highest BCUT2D eigenvalue weighted by molar-refractivity contribution is 5.30. The second-order valence-corrected chi connectivity index (χ2v) is 1.47. The van der Waals surface area contributed by atoms with Crippen LogP contribution in [0.2, 0.25) is 0 Å². The average molecular weight is 107 g/mol. The molecular formula is C5H5N3. The molecule has 0 amide bonds. The molecule has 8 heavy (non-hydrogen) atoms. The number of hydrogen-bond donors (Lipinski definition) is 1. The smallest absolute Gasteiger partial charge is 0.130 e. The molecule has 0 saturated heterocycles. The summed E-state index contributed by atoms with van der Waals surface area (Å²) in [4.78, 5) is 0. The van der Waals surface area contributed by atoms with Gasteiger partial charge in [-0.15, -0.1) is 0 Å². The summed E-state index contributed by atoms with van der Waals surface area (Å²) in [6.45, 7) is 2.73. The molecule has 0 unspecified atom stereocenters. The number of nitrogens with one attached hydrogen (secondary N) is 1. The summed E-state index contributed by atoms with van der Waals surface area (Å²) < 4.78 is 0. The topological polar surface area (TPSA) is 39.1 Å². The quantitative estimate of drug-likeness (QED) is 0.469. The van der Waals surface area contributed by atoms with Crippen molar-refractivity contribution in [1.82, 2.24) is 10.4 Å². The summed E-state index contributed by atoms with van der Waals surface area (Å²) in [6, 6.07) is 1.94. The monoisotopic (exact) mass is 107 g/mol. The Morgan fingerprint density at radius 2 is 2.75 bits per heavy atom. The van der Waals surface area contributed by atoms with Crippen LogP contribution < -0.4 is 5.43 Å². The molecule has 0 bridgehead atoms. The van der Waals surface area contributed by atoms with Crippen molar-refractivity contribution in [2.24, 2.45) is 0 Å². The average Bonchev–Trinajstić information content (AvgIpc) is 2.14. The number of likely N-dealkylation sites (N-methyl/N-ethyl adjacent to an activating group) is 1. The minimum absolute atomic E-state index is 0.535. The van der Waals surface area contributed by atoms with Gasteiger partial charge in [0.25, 0.3) is 0 Å². The summed E-state index contributed by atoms with van der Waals surface area (Å²) in [7, 11) is 1.78. The third-order valence-corrected chi connectivity index (χ3v) is 0.811. The van der Waals surface area contributed by atoms with Crippen molar-refractivity contribution in [3.63, 3.8) is 0 Å². The van der Waals surface area contributed by atoms with Gasteiger partial charge in [-0.1, -0.05) is 0 Å². The molecule has 0 spiro atoms. The van der Waals surface area contributed by atoms with Gasteiger partial charge in [-0.2, -0.15) is 5.26 Å². The number of rotatable bonds is 0. The predicted molar refractivity (Wildman–Crippen MR) is 27.8 cm³/mol. The van der Waals surface area contributed by atoms with Crippen LogP contribution in [0.5, 0.6) is 0 Å². The summed E-state index contributed by atoms with van der Waals surface area (Å²) >= 11 is 0. The second kappa shape index (κ2) is 1.85. The number of hydrogen-bond acceptors (Lipinski definition) is 3. The Morgan fingerprint density at radius 1 is 2.00 bits per heavy atom. The number of nitriles is 1. The van der Waals surface area contributed by atoms with Gasteiger partial charge in [0.15, 0.2) is 0 Å². The van der Waals surface area contributed by atoms with E-state index in [1.165, 1.54) is 0 Å². The van der Waals surface area contributed by atoms with Gasteiger partial charge in [-0.05, 0) is 0 Å². The van der Waals surface area contributed by atoms with Crippen molar-refractivity contribution in [2.75, 3.05) is 7.05 Å². The second-order valence-electron chi connectivity index (χ2n) is 1.47. The molecule has 40 valence electrons. The van der Waals surface area contributed by atoms with Crippen LogP contribution in [-0.4, -0.2) is 12.1 Å². The van der Waals surface area contributed by atoms with E-state index in [9.17, 15) is 0 Å². The summed E-state index contributed by atoms with van der Waals surface area (Å²) in [5, 5.41) is 9.83. The Bertz CT molecular complexity index is 154. The molecular weight excluding hydrogens is 102 g/mol. The van der Waals surface area contributed by atoms with Gasteiger partial charge < -0.3 is 5.43 Å². The molecule has 3 heteroatoms. The fourth-order valence-corrected chi connectivity index (χ4v) is 0.464. The number of hydrazine groups is 1. The van der Waals surface area contributed by atoms with Crippen molar-refractivity contribution in [2.45, 2.75) is 0 Å². The van der Waals surface area contributed by atoms with Crippen molar-refractivity contribution >= 4 is 0 Å². The Morgan fingerprint density at radius 3 is 3.00 bits per heavy atom. The predicted octanol–water partition coefficient (Wildman–Crippen LogP) is -0.117. The SMILES string of the molecule is CN1[C]C(C#N)=CN1. The molecule has 0 saturated carbocycles. The van der Waals surface area contributed by atoms with Gasteiger partial charge in [0.05, 0.1) is 11.6 Å². The number of nitrogens with zero attached hydrogens (tertiary/aromatic N) is 2. The highest BCUT2D eigenvalue weighted by atomic mass is 15.5. The highest BCUT2D eigenvalue weighted by Crippen LogP contribution is 2.04. The lowest BCUT2D eigenvalue weighted by Crippen LogP contribution is -2.21. The fraction of sp³-hybridized carbons (Fsp3) is 0.200. The largest absolute Gasteiger partial charge is 0.324 e. The minimum atomic E-state index is 0.535. The van der Waals surface area contributed by atoms with Gasteiger partial charge >= 0.3 is 0 Å². The van der Waals surface area contributed by atoms with Crippen LogP contribution in [0.4, 0.5) is 0 Å². The van der Waals surface area contributed by atoms with E-state index in [0.717, 1.165) is 0 Å². The Kier molecular flexibility index (Phi) is 1.18. The Labute approximate surface area is 48.2 Å². The lowest BCUT2D eigenvalue weighted by molar-refractivity contribution is 0.377. The zero-order chi connectivity index (χ0) is 5.98. The Balaban J connectivity index is 2.53. The van der Waals surface area contributed by atoms with Gasteiger partial charge in [-0.25, -0.2) is 5.01 Å². The molecule has 0 aromatic carbocycles. The highest BCUT2D eigenvalue weighted by Gasteiger charge is 2.08. The van der Waals surface area contributed by atoms with Gasteiger partial charge in [-0.3, -0.25) is 0 Å². The molecule has 2 radical (unpaired) electrons. The molecule has 0 aromatic heterocycles. The summed E-state index contributed by atoms with van der Waals surface area (Å²) in [6.07, 6.45) is 1.60. The van der Waals surface area contributed by atoms with Crippen LogP contribution in [0.15, 0.2) is 11.8 Å². The molecule has 0 aromatic rings. The van der Waals surface area contributed by atoms with Crippen LogP contribution >= 0.6 is 0 Å². The van der Waals surface area contributed by atoms with E-state index in [0.29, 0.717) is 5.57 Å². The first-order valence-electron chi connectivity index (χ1n) is 2.20. The van der Waals surface area contributed by atoms with E-state index < -0.39 is 0 Å². The maximum absolute atomic E-state index is 8.24. The fourth-order valence-electron chi connectivity index (χ4n) is 0.464. The standard InChI is InChI=1S/C5H5N3/c1-8-4-5(2-6)3-7-8/h3,7H,1H3. The van der Waals surface area contributed by atoms with E-state index in [-0.39, 0.29) is 0 Å². The molecule has 0 atom stereocenters. The van der Waals surface area contributed by atoms with Gasteiger partial charge in [0, 0.05) is 13.2 Å². The van der Waals surface area contributed by atoms with Crippen LogP contribution in [-0.2, 0) is 0 Å². The van der Waals surface area contributed by atoms with Crippen LogP contribution in [0, 0.1) is 17.9 Å². The Hall–Kier alpha value is -1.01. The molecule has 3 nitrogen and oxygen atoms in total. The first kappa shape index (κ1) is 5.13. The lowest BCUT2D eigenvalue weighted by atomic mass is 10.3. The summed E-state index contributed by atoms with van der Waals surface area (Å²) in [5.41, 5.74) is 3.29. The van der Waals surface area contributed by atoms with Crippen LogP contribution in [0.25, 0.3) is 0 Å². The van der Waals surface area contributed by atoms with E-state index in [4.69, 9.17) is 5.26 Å². The normalized spacial score (nSPS) is 19.2. The molecule has 1 rings (SSSR count). The third kappa shape index (κ3) is 0.796. The maximum Gasteiger partial charge on any atom is 0.130 e. The zero-order valence-corrected chi connectivity index (χ0v) is 4.47. The third-order valence-electron chi connectivity index (χ3n) is 0.811. The van der Waals surface area contributed by atoms with Crippen molar-refractivity contribution in [3.8, 4) is 6.07 Å². The van der Waals surface area contributed by atoms with Gasteiger partial charge in [0.2, 0.25) is 0 Å². The molecule has 1 aliphatic heterocycles. The van der Waals surface area contributed by atoms with Crippen molar-refractivity contribution < 1.29 is 0 Å². The van der Waals surface area contributed by atoms with E-state index >= 15 is 0 Å². The minimum Gasteiger partial charge on any atom is -0.324 e. The van der Waals surface area contributed by atoms with Crippen LogP contribution in [0.1, 0.15) is 0 Å². The van der Waals surface area contributed by atoms with Crippen molar-refractivity contribution in [1.29, 1.82) is 5.26 Å². The van der Waals surface area contributed by atoms with Crippen LogP contribution in [0.3, 0.4) is 0 Å². The van der Waals surface area contributed by atoms with E-state index in [2.05, 4.69) is 12.0 Å². The zero-order valence-electron chi connectivity index (χ0n) is 4.47. The van der Waals surface area contributed by atoms with E-state index in [1.807, 2.05) is 6.07 Å². The van der Waals surface area contributed by atoms with E-state index in [1.54, 1.807) is 18.3 Å². The first-order chi connectivity index (χ1) is 3.83.